The lowest BCUT2D eigenvalue weighted by Crippen LogP contribution is -2.46. The van der Waals surface area contributed by atoms with Gasteiger partial charge in [0.15, 0.2) is 11.5 Å². The third-order valence-corrected chi connectivity index (χ3v) is 5.02. The molecule has 2 amide bonds. The lowest BCUT2D eigenvalue weighted by molar-refractivity contribution is -0.143. The van der Waals surface area contributed by atoms with Crippen molar-refractivity contribution in [2.24, 2.45) is 0 Å². The molecule has 1 aromatic carbocycles. The third kappa shape index (κ3) is 6.91. The number of allylic oxidation sites excluding steroid dienone is 1. The average molecular weight is 433 g/mol. The molecule has 0 aromatic heterocycles. The van der Waals surface area contributed by atoms with Crippen molar-refractivity contribution in [3.8, 4) is 11.5 Å². The van der Waals surface area contributed by atoms with Crippen LogP contribution < -0.4 is 20.1 Å². The molecular formula is C24H36N2O5. The second-order valence-electron chi connectivity index (χ2n) is 7.95. The third-order valence-electron chi connectivity index (χ3n) is 5.02. The van der Waals surface area contributed by atoms with Crippen LogP contribution in [0.25, 0.3) is 0 Å². The van der Waals surface area contributed by atoms with Gasteiger partial charge in [-0.2, -0.15) is 0 Å². The first-order valence-electron chi connectivity index (χ1n) is 11.2. The largest absolute Gasteiger partial charge is 0.493 e. The summed E-state index contributed by atoms with van der Waals surface area (Å²) in [4.78, 5) is 25.3. The summed E-state index contributed by atoms with van der Waals surface area (Å²) in [6.45, 7) is 8.44. The summed E-state index contributed by atoms with van der Waals surface area (Å²) in [6, 6.07) is 4.52. The van der Waals surface area contributed by atoms with Gasteiger partial charge in [-0.1, -0.05) is 39.2 Å². The molecule has 0 spiro atoms. The molecule has 0 radical (unpaired) electrons. The van der Waals surface area contributed by atoms with E-state index in [0.29, 0.717) is 35.8 Å². The Morgan fingerprint density at radius 2 is 1.84 bits per heavy atom. The lowest BCUT2D eigenvalue weighted by atomic mass is 9.93. The molecule has 172 valence electrons. The Morgan fingerprint density at radius 3 is 2.48 bits per heavy atom. The summed E-state index contributed by atoms with van der Waals surface area (Å²) in [7, 11) is 1.58. The Hall–Kier alpha value is -2.70. The molecule has 7 nitrogen and oxygen atoms in total. The smallest absolute Gasteiger partial charge is 0.338 e. The molecule has 0 aliphatic carbocycles. The SMILES string of the molecule is CCCCCOc1ccc(C2NC(=O)NC(CCCC)=C2C(=O)OC(C)C)cc1OC. The van der Waals surface area contributed by atoms with Crippen LogP contribution in [-0.4, -0.2) is 31.8 Å². The molecule has 0 bridgehead atoms. The number of nitrogens with one attached hydrogen (secondary N) is 2. The van der Waals surface area contributed by atoms with Crippen LogP contribution in [0.5, 0.6) is 11.5 Å². The van der Waals surface area contributed by atoms with Gasteiger partial charge in [0.2, 0.25) is 0 Å². The van der Waals surface area contributed by atoms with Crippen molar-refractivity contribution >= 4 is 12.0 Å². The van der Waals surface area contributed by atoms with E-state index >= 15 is 0 Å². The highest BCUT2D eigenvalue weighted by atomic mass is 16.5. The van der Waals surface area contributed by atoms with Gasteiger partial charge in [-0.25, -0.2) is 9.59 Å². The summed E-state index contributed by atoms with van der Waals surface area (Å²) < 4.78 is 16.9. The molecule has 1 atom stereocenters. The number of unbranched alkanes of at least 4 members (excludes halogenated alkanes) is 3. The van der Waals surface area contributed by atoms with E-state index < -0.39 is 12.0 Å². The zero-order valence-corrected chi connectivity index (χ0v) is 19.4. The Balaban J connectivity index is 2.39. The van der Waals surface area contributed by atoms with E-state index in [-0.39, 0.29) is 12.1 Å². The molecule has 1 aromatic rings. The molecule has 2 rings (SSSR count). The van der Waals surface area contributed by atoms with Gasteiger partial charge in [-0.15, -0.1) is 0 Å². The first kappa shape index (κ1) is 24.6. The predicted octanol–water partition coefficient (Wildman–Crippen LogP) is 5.01. The molecule has 1 unspecified atom stereocenters. The number of ether oxygens (including phenoxy) is 3. The summed E-state index contributed by atoms with van der Waals surface area (Å²) in [5.74, 6) is 0.773. The zero-order valence-electron chi connectivity index (χ0n) is 19.4. The maximum atomic E-state index is 13.0. The summed E-state index contributed by atoms with van der Waals surface area (Å²) in [5, 5.41) is 5.68. The molecule has 1 heterocycles. The van der Waals surface area contributed by atoms with Crippen molar-refractivity contribution in [1.29, 1.82) is 0 Å². The average Bonchev–Trinajstić information content (AvgIpc) is 2.74. The molecule has 0 saturated carbocycles. The van der Waals surface area contributed by atoms with E-state index in [1.807, 2.05) is 32.0 Å². The minimum Gasteiger partial charge on any atom is -0.493 e. The van der Waals surface area contributed by atoms with E-state index in [1.165, 1.54) is 0 Å². The highest BCUT2D eigenvalue weighted by Gasteiger charge is 2.34. The second-order valence-corrected chi connectivity index (χ2v) is 7.95. The van der Waals surface area contributed by atoms with Crippen LogP contribution in [0.4, 0.5) is 4.79 Å². The topological polar surface area (TPSA) is 85.9 Å². The van der Waals surface area contributed by atoms with E-state index in [2.05, 4.69) is 24.5 Å². The zero-order chi connectivity index (χ0) is 22.8. The Kier molecular flexibility index (Phi) is 9.69. The number of rotatable bonds is 12. The first-order chi connectivity index (χ1) is 14.9. The highest BCUT2D eigenvalue weighted by Crippen LogP contribution is 2.35. The number of urea groups is 1. The number of hydrogen-bond donors (Lipinski definition) is 2. The molecule has 1 aliphatic heterocycles. The van der Waals surface area contributed by atoms with E-state index in [4.69, 9.17) is 14.2 Å². The Labute approximate surface area is 185 Å². The quantitative estimate of drug-likeness (QED) is 0.358. The minimum atomic E-state index is -0.630. The maximum Gasteiger partial charge on any atom is 0.338 e. The number of benzene rings is 1. The number of carbonyl (C=O) groups excluding carboxylic acids is 2. The van der Waals surface area contributed by atoms with Gasteiger partial charge in [0, 0.05) is 5.70 Å². The van der Waals surface area contributed by atoms with Crippen LogP contribution in [0.15, 0.2) is 29.5 Å². The molecule has 0 fully saturated rings. The molecule has 1 aliphatic rings. The Morgan fingerprint density at radius 1 is 1.10 bits per heavy atom. The molecule has 31 heavy (non-hydrogen) atoms. The van der Waals surface area contributed by atoms with Crippen molar-refractivity contribution in [2.75, 3.05) is 13.7 Å². The minimum absolute atomic E-state index is 0.265. The second kappa shape index (κ2) is 12.2. The first-order valence-corrected chi connectivity index (χ1v) is 11.2. The molecule has 2 N–H and O–H groups in total. The van der Waals surface area contributed by atoms with Crippen molar-refractivity contribution < 1.29 is 23.8 Å². The Bertz CT molecular complexity index is 788. The summed E-state index contributed by atoms with van der Waals surface area (Å²) in [6.07, 6.45) is 5.33. The van der Waals surface area contributed by atoms with E-state index in [0.717, 1.165) is 37.7 Å². The van der Waals surface area contributed by atoms with E-state index in [1.54, 1.807) is 7.11 Å². The fourth-order valence-corrected chi connectivity index (χ4v) is 3.45. The monoisotopic (exact) mass is 432 g/mol. The van der Waals surface area contributed by atoms with Crippen molar-refractivity contribution in [2.45, 2.75) is 78.4 Å². The van der Waals surface area contributed by atoms with Crippen molar-refractivity contribution in [3.63, 3.8) is 0 Å². The molecular weight excluding hydrogens is 396 g/mol. The number of hydrogen-bond acceptors (Lipinski definition) is 5. The van der Waals surface area contributed by atoms with Crippen LogP contribution in [0.1, 0.15) is 77.8 Å². The normalized spacial score (nSPS) is 16.1. The lowest BCUT2D eigenvalue weighted by Gasteiger charge is -2.30. The van der Waals surface area contributed by atoms with Gasteiger partial charge >= 0.3 is 12.0 Å². The fraction of sp³-hybridized carbons (Fsp3) is 0.583. The number of esters is 1. The highest BCUT2D eigenvalue weighted by molar-refractivity contribution is 5.95. The van der Waals surface area contributed by atoms with Gasteiger partial charge < -0.3 is 24.8 Å². The van der Waals surface area contributed by atoms with E-state index in [9.17, 15) is 9.59 Å². The van der Waals surface area contributed by atoms with Crippen LogP contribution in [-0.2, 0) is 9.53 Å². The predicted molar refractivity (Wildman–Crippen MR) is 120 cm³/mol. The van der Waals surface area contributed by atoms with Crippen LogP contribution in [0.2, 0.25) is 0 Å². The summed E-state index contributed by atoms with van der Waals surface area (Å²) in [5.41, 5.74) is 1.78. The fourth-order valence-electron chi connectivity index (χ4n) is 3.45. The number of carbonyl (C=O) groups is 2. The van der Waals surface area contributed by atoms with Crippen LogP contribution >= 0.6 is 0 Å². The van der Waals surface area contributed by atoms with Crippen molar-refractivity contribution in [3.05, 3.63) is 35.0 Å². The number of amides is 2. The molecule has 0 saturated heterocycles. The molecule has 7 heteroatoms. The van der Waals surface area contributed by atoms with Gasteiger partial charge in [0.1, 0.15) is 0 Å². The van der Waals surface area contributed by atoms with Crippen molar-refractivity contribution in [1.82, 2.24) is 10.6 Å². The summed E-state index contributed by atoms with van der Waals surface area (Å²) >= 11 is 0. The van der Waals surface area contributed by atoms with Gasteiger partial charge in [0.05, 0.1) is 31.4 Å². The standard InChI is InChI=1S/C24H36N2O5/c1-6-8-10-14-30-19-13-12-17(15-20(19)29-5)22-21(23(27)31-16(3)4)18(11-9-7-2)25-24(28)26-22/h12-13,15-16,22H,6-11,14H2,1-5H3,(H2,25,26,28). The maximum absolute atomic E-state index is 13.0. The van der Waals surface area contributed by atoms with Crippen LogP contribution in [0, 0.1) is 0 Å². The number of methoxy groups -OCH3 is 1. The van der Waals surface area contributed by atoms with Gasteiger partial charge in [-0.3, -0.25) is 0 Å². The van der Waals surface area contributed by atoms with Gasteiger partial charge in [-0.05, 0) is 50.8 Å². The van der Waals surface area contributed by atoms with Gasteiger partial charge in [0.25, 0.3) is 0 Å². The van der Waals surface area contributed by atoms with Crippen LogP contribution in [0.3, 0.4) is 0 Å².